The topological polar surface area (TPSA) is 74.2 Å². The summed E-state index contributed by atoms with van der Waals surface area (Å²) in [6.07, 6.45) is 6.50. The lowest BCUT2D eigenvalue weighted by atomic mass is 9.67. The minimum atomic E-state index is -0.735. The van der Waals surface area contributed by atoms with Gasteiger partial charge in [-0.1, -0.05) is 38.8 Å². The Morgan fingerprint density at radius 3 is 2.76 bits per heavy atom. The second kappa shape index (κ2) is 10.6. The van der Waals surface area contributed by atoms with Crippen LogP contribution in [-0.2, 0) is 16.0 Å². The van der Waals surface area contributed by atoms with Crippen LogP contribution in [-0.4, -0.2) is 37.2 Å². The third-order valence-electron chi connectivity index (χ3n) is 8.01. The van der Waals surface area contributed by atoms with Gasteiger partial charge >= 0.3 is 5.97 Å². The van der Waals surface area contributed by atoms with Gasteiger partial charge in [0, 0.05) is 18.1 Å². The number of allylic oxidation sites excluding steroid dienone is 1. The lowest BCUT2D eigenvalue weighted by Crippen LogP contribution is -2.36. The van der Waals surface area contributed by atoms with Crippen molar-refractivity contribution in [2.24, 2.45) is 29.6 Å². The van der Waals surface area contributed by atoms with Gasteiger partial charge in [0.25, 0.3) is 0 Å². The minimum absolute atomic E-state index is 0.0658. The Morgan fingerprint density at radius 2 is 2.03 bits per heavy atom. The van der Waals surface area contributed by atoms with Crippen molar-refractivity contribution in [2.45, 2.75) is 78.4 Å². The first kappa shape index (κ1) is 24.9. The highest BCUT2D eigenvalue weighted by Crippen LogP contribution is 2.45. The van der Waals surface area contributed by atoms with Gasteiger partial charge in [-0.2, -0.15) is 0 Å². The Morgan fingerprint density at radius 1 is 1.24 bits per heavy atom. The summed E-state index contributed by atoms with van der Waals surface area (Å²) in [6.45, 7) is 9.09. The van der Waals surface area contributed by atoms with Crippen LogP contribution in [0.1, 0.15) is 65.4 Å². The lowest BCUT2D eigenvalue weighted by molar-refractivity contribution is -0.149. The molecule has 0 bridgehead atoms. The number of methoxy groups -OCH3 is 1. The van der Waals surface area contributed by atoms with E-state index in [4.69, 9.17) is 18.9 Å². The molecule has 0 aromatic heterocycles. The number of cyclic esters (lactones) is 1. The molecule has 2 heterocycles. The molecule has 1 saturated carbocycles. The molecule has 0 unspecified atom stereocenters. The fourth-order valence-corrected chi connectivity index (χ4v) is 6.07. The molecular formula is C28H40O6. The number of carbonyl (C=O) groups excluding carboxylic acids is 1. The number of fused-ring (bicyclic) bond motifs is 1. The predicted octanol–water partition coefficient (Wildman–Crippen LogP) is 5.30. The molecule has 6 atom stereocenters. The molecule has 6 heteroatoms. The summed E-state index contributed by atoms with van der Waals surface area (Å²) in [6, 6.07) is 3.78. The predicted molar refractivity (Wildman–Crippen MR) is 130 cm³/mol. The smallest absolute Gasteiger partial charge is 0.312 e. The van der Waals surface area contributed by atoms with Crippen LogP contribution in [0.2, 0.25) is 0 Å². The molecule has 4 rings (SSSR count). The van der Waals surface area contributed by atoms with Gasteiger partial charge in [0.1, 0.15) is 11.9 Å². The van der Waals surface area contributed by atoms with Crippen LogP contribution in [0, 0.1) is 29.6 Å². The zero-order chi connectivity index (χ0) is 24.4. The molecule has 0 radical (unpaired) electrons. The second-order valence-corrected chi connectivity index (χ2v) is 10.9. The minimum Gasteiger partial charge on any atom is -0.497 e. The van der Waals surface area contributed by atoms with Gasteiger partial charge in [0.15, 0.2) is 11.5 Å². The highest BCUT2D eigenvalue weighted by molar-refractivity contribution is 5.75. The van der Waals surface area contributed by atoms with E-state index in [-0.39, 0.29) is 18.9 Å². The summed E-state index contributed by atoms with van der Waals surface area (Å²) < 4.78 is 22.4. The van der Waals surface area contributed by atoms with Crippen molar-refractivity contribution in [3.8, 4) is 17.2 Å². The number of rotatable bonds is 8. The highest BCUT2D eigenvalue weighted by atomic mass is 16.7. The molecule has 6 nitrogen and oxygen atoms in total. The van der Waals surface area contributed by atoms with Crippen molar-refractivity contribution < 1.29 is 28.8 Å². The Hall–Kier alpha value is -2.21. The molecule has 1 N–H and O–H groups in total. The molecule has 2 fully saturated rings. The van der Waals surface area contributed by atoms with E-state index in [0.29, 0.717) is 48.7 Å². The zero-order valence-corrected chi connectivity index (χ0v) is 21.2. The van der Waals surface area contributed by atoms with Crippen molar-refractivity contribution in [1.82, 2.24) is 0 Å². The first-order valence-electron chi connectivity index (χ1n) is 12.8. The van der Waals surface area contributed by atoms with E-state index >= 15 is 0 Å². The summed E-state index contributed by atoms with van der Waals surface area (Å²) in [5, 5.41) is 10.9. The van der Waals surface area contributed by atoms with Crippen molar-refractivity contribution in [1.29, 1.82) is 0 Å². The van der Waals surface area contributed by atoms with Crippen LogP contribution in [0.15, 0.2) is 23.8 Å². The summed E-state index contributed by atoms with van der Waals surface area (Å²) in [5.74, 6) is 3.72. The Balaban J connectivity index is 1.38. The summed E-state index contributed by atoms with van der Waals surface area (Å²) >= 11 is 0. The Bertz CT molecular complexity index is 906. The van der Waals surface area contributed by atoms with E-state index in [1.54, 1.807) is 7.11 Å². The molecule has 1 aromatic rings. The summed E-state index contributed by atoms with van der Waals surface area (Å²) in [5.41, 5.74) is 2.08. The number of benzene rings is 1. The molecule has 0 amide bonds. The monoisotopic (exact) mass is 472 g/mol. The number of hydrogen-bond donors (Lipinski definition) is 1. The Kier molecular flexibility index (Phi) is 7.76. The normalized spacial score (nSPS) is 29.9. The number of carbonyl (C=O) groups is 1. The quantitative estimate of drug-likeness (QED) is 0.409. The molecule has 1 saturated heterocycles. The Labute approximate surface area is 203 Å². The van der Waals surface area contributed by atoms with Gasteiger partial charge < -0.3 is 24.1 Å². The van der Waals surface area contributed by atoms with Crippen molar-refractivity contribution >= 4 is 5.97 Å². The van der Waals surface area contributed by atoms with Gasteiger partial charge in [0.05, 0.1) is 19.1 Å². The van der Waals surface area contributed by atoms with Crippen molar-refractivity contribution in [3.63, 3.8) is 0 Å². The first-order chi connectivity index (χ1) is 16.3. The molecule has 34 heavy (non-hydrogen) atoms. The van der Waals surface area contributed by atoms with Crippen LogP contribution < -0.4 is 14.2 Å². The fraction of sp³-hybridized carbons (Fsp3) is 0.679. The SMILES string of the molecule is COc1cc(C/C(C)=C\C[C@@H](O)[C@H]2C[C@H]([C@@H]3C[C@H](C)CC[C@H]3C(C)C)OC2=O)c2c(c1)OCO2. The van der Waals surface area contributed by atoms with Gasteiger partial charge in [-0.25, -0.2) is 0 Å². The van der Waals surface area contributed by atoms with Crippen LogP contribution in [0.3, 0.4) is 0 Å². The number of hydrogen-bond acceptors (Lipinski definition) is 6. The standard InChI is InChI=1S/C28H40O6/c1-16(2)21-8-6-18(4)11-22(21)25-14-23(28(30)34-25)24(29)9-7-17(3)10-19-12-20(31-5)13-26-27(19)33-15-32-26/h7,12-13,16,18,21-25,29H,6,8-11,14-15H2,1-5H3/b17-7-/t18-,21+,22-,23-,24-,25-/m1/s1. The van der Waals surface area contributed by atoms with E-state index < -0.39 is 12.0 Å². The summed E-state index contributed by atoms with van der Waals surface area (Å²) in [4.78, 5) is 12.7. The molecule has 188 valence electrons. The molecule has 1 aromatic carbocycles. The van der Waals surface area contributed by atoms with Gasteiger partial charge in [-0.05, 0) is 62.3 Å². The second-order valence-electron chi connectivity index (χ2n) is 10.9. The van der Waals surface area contributed by atoms with Crippen LogP contribution in [0.4, 0.5) is 0 Å². The third kappa shape index (κ3) is 5.37. The maximum absolute atomic E-state index is 12.7. The molecular weight excluding hydrogens is 432 g/mol. The van der Waals surface area contributed by atoms with E-state index in [1.165, 1.54) is 12.8 Å². The number of esters is 1. The van der Waals surface area contributed by atoms with E-state index in [0.717, 1.165) is 29.1 Å². The van der Waals surface area contributed by atoms with Gasteiger partial charge in [-0.15, -0.1) is 0 Å². The molecule has 0 spiro atoms. The van der Waals surface area contributed by atoms with E-state index in [9.17, 15) is 9.90 Å². The average Bonchev–Trinajstić information content (AvgIpc) is 3.43. The first-order valence-corrected chi connectivity index (χ1v) is 12.8. The van der Waals surface area contributed by atoms with Crippen LogP contribution in [0.25, 0.3) is 0 Å². The maximum atomic E-state index is 12.7. The van der Waals surface area contributed by atoms with Crippen molar-refractivity contribution in [3.05, 3.63) is 29.3 Å². The van der Waals surface area contributed by atoms with Gasteiger partial charge in [0.2, 0.25) is 6.79 Å². The molecule has 1 aliphatic carbocycles. The van der Waals surface area contributed by atoms with Crippen LogP contribution in [0.5, 0.6) is 17.2 Å². The largest absolute Gasteiger partial charge is 0.497 e. The number of aliphatic hydroxyl groups excluding tert-OH is 1. The summed E-state index contributed by atoms with van der Waals surface area (Å²) in [7, 11) is 1.63. The zero-order valence-electron chi connectivity index (χ0n) is 21.2. The van der Waals surface area contributed by atoms with E-state index in [1.807, 2.05) is 25.1 Å². The number of ether oxygens (including phenoxy) is 4. The van der Waals surface area contributed by atoms with E-state index in [2.05, 4.69) is 20.8 Å². The highest BCUT2D eigenvalue weighted by Gasteiger charge is 2.46. The molecule has 2 aliphatic heterocycles. The fourth-order valence-electron chi connectivity index (χ4n) is 6.07. The maximum Gasteiger partial charge on any atom is 0.312 e. The van der Waals surface area contributed by atoms with Gasteiger partial charge in [-0.3, -0.25) is 4.79 Å². The molecule has 3 aliphatic rings. The average molecular weight is 473 g/mol. The van der Waals surface area contributed by atoms with Crippen molar-refractivity contribution in [2.75, 3.05) is 13.9 Å². The third-order valence-corrected chi connectivity index (χ3v) is 8.01. The lowest BCUT2D eigenvalue weighted by Gasteiger charge is -2.39. The van der Waals surface area contributed by atoms with Crippen LogP contribution >= 0.6 is 0 Å². The number of aliphatic hydroxyl groups is 1.